The molecule has 0 spiro atoms. The summed E-state index contributed by atoms with van der Waals surface area (Å²) < 4.78 is 7.02. The van der Waals surface area contributed by atoms with Crippen LogP contribution in [0.1, 0.15) is 11.1 Å². The highest BCUT2D eigenvalue weighted by Crippen LogP contribution is 2.30. The molecular weight excluding hydrogens is 352 g/mol. The Bertz CT molecular complexity index is 1080. The second-order valence-corrected chi connectivity index (χ2v) is 6.14. The number of hydrogen-bond acceptors (Lipinski definition) is 4. The lowest BCUT2D eigenvalue weighted by atomic mass is 10.0. The van der Waals surface area contributed by atoms with Gasteiger partial charge in [-0.3, -0.25) is 4.79 Å². The molecule has 2 aromatic carbocycles. The maximum atomic E-state index is 12.0. The van der Waals surface area contributed by atoms with Crippen LogP contribution in [0.25, 0.3) is 23.0 Å². The largest absolute Gasteiger partial charge is 0.497 e. The van der Waals surface area contributed by atoms with Crippen molar-refractivity contribution in [3.63, 3.8) is 0 Å². The zero-order valence-electron chi connectivity index (χ0n) is 15.9. The minimum absolute atomic E-state index is 0.0162. The van der Waals surface area contributed by atoms with Gasteiger partial charge in [-0.1, -0.05) is 18.2 Å². The Morgan fingerprint density at radius 3 is 2.61 bits per heavy atom. The quantitative estimate of drug-likeness (QED) is 0.549. The van der Waals surface area contributed by atoms with Gasteiger partial charge >= 0.3 is 0 Å². The normalized spacial score (nSPS) is 11.0. The van der Waals surface area contributed by atoms with Gasteiger partial charge in [-0.25, -0.2) is 4.68 Å². The van der Waals surface area contributed by atoms with Crippen molar-refractivity contribution in [2.24, 2.45) is 0 Å². The van der Waals surface area contributed by atoms with Crippen molar-refractivity contribution in [3.05, 3.63) is 71.4 Å². The standard InChI is InChI=1S/C22H20N4O2/c1-15-11-19(28-3)9-10-20(15)21-17(12-16(13-23)22(27)24-2)14-26(25-21)18-7-5-4-6-8-18/h4-12,14H,1-3H3,(H,24,27)/b16-12+. The van der Waals surface area contributed by atoms with Gasteiger partial charge in [0.1, 0.15) is 23.1 Å². The van der Waals surface area contributed by atoms with Crippen LogP contribution in [0.5, 0.6) is 5.75 Å². The Kier molecular flexibility index (Phi) is 5.56. The molecule has 0 aliphatic carbocycles. The van der Waals surface area contributed by atoms with Crippen LogP contribution in [0.4, 0.5) is 0 Å². The van der Waals surface area contributed by atoms with Gasteiger partial charge in [-0.05, 0) is 48.9 Å². The number of nitrogens with one attached hydrogen (secondary N) is 1. The molecule has 6 heteroatoms. The Balaban J connectivity index is 2.20. The first kappa shape index (κ1) is 18.9. The molecule has 0 aliphatic heterocycles. The fourth-order valence-electron chi connectivity index (χ4n) is 2.88. The predicted molar refractivity (Wildman–Crippen MR) is 108 cm³/mol. The van der Waals surface area contributed by atoms with Crippen LogP contribution in [-0.2, 0) is 4.79 Å². The number of nitriles is 1. The summed E-state index contributed by atoms with van der Waals surface area (Å²) in [6, 6.07) is 17.3. The molecule has 0 atom stereocenters. The van der Waals surface area contributed by atoms with E-state index >= 15 is 0 Å². The second-order valence-electron chi connectivity index (χ2n) is 6.14. The Hall–Kier alpha value is -3.85. The third-order valence-electron chi connectivity index (χ3n) is 4.34. The molecule has 0 saturated heterocycles. The molecule has 0 saturated carbocycles. The van der Waals surface area contributed by atoms with E-state index in [1.807, 2.05) is 67.7 Å². The minimum Gasteiger partial charge on any atom is -0.497 e. The monoisotopic (exact) mass is 372 g/mol. The van der Waals surface area contributed by atoms with Crippen molar-refractivity contribution in [3.8, 4) is 28.8 Å². The number of hydrogen-bond donors (Lipinski definition) is 1. The number of aryl methyl sites for hydroxylation is 1. The number of carbonyl (C=O) groups excluding carboxylic acids is 1. The SMILES string of the molecule is CNC(=O)/C(C#N)=C/c1cn(-c2ccccc2)nc1-c1ccc(OC)cc1C. The van der Waals surface area contributed by atoms with Crippen LogP contribution in [-0.4, -0.2) is 29.8 Å². The highest BCUT2D eigenvalue weighted by molar-refractivity contribution is 6.02. The highest BCUT2D eigenvalue weighted by atomic mass is 16.5. The molecule has 0 bridgehead atoms. The van der Waals surface area contributed by atoms with Gasteiger partial charge < -0.3 is 10.1 Å². The van der Waals surface area contributed by atoms with Crippen LogP contribution < -0.4 is 10.1 Å². The lowest BCUT2D eigenvalue weighted by Gasteiger charge is -2.07. The number of amides is 1. The van der Waals surface area contributed by atoms with E-state index in [0.717, 1.165) is 22.6 Å². The van der Waals surface area contributed by atoms with Crippen LogP contribution in [0.3, 0.4) is 0 Å². The van der Waals surface area contributed by atoms with E-state index in [4.69, 9.17) is 9.84 Å². The summed E-state index contributed by atoms with van der Waals surface area (Å²) in [6.07, 6.45) is 3.37. The summed E-state index contributed by atoms with van der Waals surface area (Å²) >= 11 is 0. The van der Waals surface area contributed by atoms with E-state index < -0.39 is 5.91 Å². The molecule has 1 aromatic heterocycles. The molecule has 28 heavy (non-hydrogen) atoms. The molecule has 1 amide bonds. The molecule has 3 rings (SSSR count). The number of nitrogens with zero attached hydrogens (tertiary/aromatic N) is 3. The van der Waals surface area contributed by atoms with Gasteiger partial charge in [-0.2, -0.15) is 10.4 Å². The number of benzene rings is 2. The van der Waals surface area contributed by atoms with Crippen LogP contribution in [0, 0.1) is 18.3 Å². The summed E-state index contributed by atoms with van der Waals surface area (Å²) in [5.74, 6) is 0.316. The summed E-state index contributed by atoms with van der Waals surface area (Å²) in [5, 5.41) is 16.6. The molecule has 0 aliphatic rings. The third kappa shape index (κ3) is 3.79. The highest BCUT2D eigenvalue weighted by Gasteiger charge is 2.16. The third-order valence-corrected chi connectivity index (χ3v) is 4.34. The van der Waals surface area contributed by atoms with Crippen molar-refractivity contribution in [1.29, 1.82) is 5.26 Å². The molecule has 3 aromatic rings. The molecule has 140 valence electrons. The van der Waals surface area contributed by atoms with E-state index in [2.05, 4.69) is 5.32 Å². The van der Waals surface area contributed by atoms with Gasteiger partial charge in [-0.15, -0.1) is 0 Å². The number of rotatable bonds is 5. The van der Waals surface area contributed by atoms with E-state index in [-0.39, 0.29) is 5.57 Å². The predicted octanol–water partition coefficient (Wildman–Crippen LogP) is 3.51. The fraction of sp³-hybridized carbons (Fsp3) is 0.136. The van der Waals surface area contributed by atoms with Crippen molar-refractivity contribution < 1.29 is 9.53 Å². The average molecular weight is 372 g/mol. The van der Waals surface area contributed by atoms with Gasteiger partial charge in [0.2, 0.25) is 0 Å². The maximum Gasteiger partial charge on any atom is 0.261 e. The first-order valence-electron chi connectivity index (χ1n) is 8.71. The van der Waals surface area contributed by atoms with E-state index in [0.29, 0.717) is 11.3 Å². The van der Waals surface area contributed by atoms with E-state index in [9.17, 15) is 10.1 Å². The molecule has 1 N–H and O–H groups in total. The minimum atomic E-state index is -0.438. The Labute approximate surface area is 163 Å². The van der Waals surface area contributed by atoms with Gasteiger partial charge in [0.15, 0.2) is 0 Å². The number of para-hydroxylation sites is 1. The van der Waals surface area contributed by atoms with Crippen molar-refractivity contribution >= 4 is 12.0 Å². The first-order chi connectivity index (χ1) is 13.6. The number of ether oxygens (including phenoxy) is 1. The van der Waals surface area contributed by atoms with Gasteiger partial charge in [0.05, 0.1) is 12.8 Å². The van der Waals surface area contributed by atoms with Crippen molar-refractivity contribution in [2.45, 2.75) is 6.92 Å². The number of methoxy groups -OCH3 is 1. The molecular formula is C22H20N4O2. The Morgan fingerprint density at radius 1 is 1.25 bits per heavy atom. The average Bonchev–Trinajstić information content (AvgIpc) is 3.15. The smallest absolute Gasteiger partial charge is 0.261 e. The van der Waals surface area contributed by atoms with Gasteiger partial charge in [0.25, 0.3) is 5.91 Å². The first-order valence-corrected chi connectivity index (χ1v) is 8.71. The van der Waals surface area contributed by atoms with Crippen LogP contribution in [0.15, 0.2) is 60.3 Å². The van der Waals surface area contributed by atoms with Crippen LogP contribution >= 0.6 is 0 Å². The zero-order valence-corrected chi connectivity index (χ0v) is 15.9. The molecule has 0 radical (unpaired) electrons. The van der Waals surface area contributed by atoms with E-state index in [1.54, 1.807) is 17.9 Å². The summed E-state index contributed by atoms with van der Waals surface area (Å²) in [5.41, 5.74) is 4.13. The molecule has 6 nitrogen and oxygen atoms in total. The lowest BCUT2D eigenvalue weighted by molar-refractivity contribution is -0.116. The summed E-state index contributed by atoms with van der Waals surface area (Å²) in [6.45, 7) is 1.97. The molecule has 1 heterocycles. The van der Waals surface area contributed by atoms with Crippen molar-refractivity contribution in [2.75, 3.05) is 14.2 Å². The van der Waals surface area contributed by atoms with E-state index in [1.165, 1.54) is 7.05 Å². The maximum absolute atomic E-state index is 12.0. The lowest BCUT2D eigenvalue weighted by Crippen LogP contribution is -2.19. The Morgan fingerprint density at radius 2 is 2.00 bits per heavy atom. The topological polar surface area (TPSA) is 79.9 Å². The number of carbonyl (C=O) groups is 1. The second kappa shape index (κ2) is 8.23. The van der Waals surface area contributed by atoms with Crippen LogP contribution in [0.2, 0.25) is 0 Å². The zero-order chi connectivity index (χ0) is 20.1. The summed E-state index contributed by atoms with van der Waals surface area (Å²) in [7, 11) is 3.12. The molecule has 0 unspecified atom stereocenters. The number of aromatic nitrogens is 2. The van der Waals surface area contributed by atoms with Gasteiger partial charge in [0, 0.05) is 24.4 Å². The summed E-state index contributed by atoms with van der Waals surface area (Å²) in [4.78, 5) is 12.0. The van der Waals surface area contributed by atoms with Crippen molar-refractivity contribution in [1.82, 2.24) is 15.1 Å². The fourth-order valence-corrected chi connectivity index (χ4v) is 2.88. The molecule has 0 fully saturated rings. The number of likely N-dealkylation sites (N-methyl/N-ethyl adjacent to an activating group) is 1.